The summed E-state index contributed by atoms with van der Waals surface area (Å²) >= 11 is 4.67. The van der Waals surface area contributed by atoms with E-state index in [1.807, 2.05) is 40.7 Å². The van der Waals surface area contributed by atoms with Crippen LogP contribution in [-0.2, 0) is 23.8 Å². The van der Waals surface area contributed by atoms with Crippen molar-refractivity contribution < 1.29 is 95.3 Å². The van der Waals surface area contributed by atoms with E-state index in [9.17, 15) is 71.2 Å². The van der Waals surface area contributed by atoms with E-state index in [0.717, 1.165) is 12.0 Å². The Morgan fingerprint density at radius 1 is 0.775 bits per heavy atom. The van der Waals surface area contributed by atoms with Crippen LogP contribution in [0.2, 0.25) is 0 Å². The Morgan fingerprint density at radius 3 is 1.90 bits per heavy atom. The molecule has 0 aliphatic carbocycles. The van der Waals surface area contributed by atoms with Crippen LogP contribution in [0.5, 0.6) is 0 Å². The number of aliphatic hydroxyl groups excluding tert-OH is 13. The maximum atomic E-state index is 14.2. The van der Waals surface area contributed by atoms with Crippen LogP contribution in [0.1, 0.15) is 176 Å². The first-order valence-corrected chi connectivity index (χ1v) is 29.6. The third kappa shape index (κ3) is 30.8. The van der Waals surface area contributed by atoms with Gasteiger partial charge in [0.15, 0.2) is 12.2 Å². The van der Waals surface area contributed by atoms with Gasteiger partial charge in [0, 0.05) is 24.8 Å². The Hall–Kier alpha value is -2.62. The van der Waals surface area contributed by atoms with E-state index in [1.165, 1.54) is 6.08 Å². The number of nitrogens with two attached hydrogens (primary N) is 2. The molecule has 22 nitrogen and oxygen atoms in total. The largest absolute Gasteiger partial charge is 0.549 e. The van der Waals surface area contributed by atoms with Gasteiger partial charge in [-0.1, -0.05) is 64.7 Å². The molecule has 0 bridgehead atoms. The number of rotatable bonds is 13. The number of guanidine groups is 1. The van der Waals surface area contributed by atoms with Crippen molar-refractivity contribution in [3.63, 3.8) is 0 Å². The van der Waals surface area contributed by atoms with Crippen molar-refractivity contribution in [3.05, 3.63) is 23.3 Å². The van der Waals surface area contributed by atoms with Gasteiger partial charge in [-0.25, -0.2) is 0 Å². The first-order valence-electron chi connectivity index (χ1n) is 29.1. The highest BCUT2D eigenvalue weighted by Gasteiger charge is 2.45. The van der Waals surface area contributed by atoms with E-state index in [4.69, 9.17) is 35.6 Å². The van der Waals surface area contributed by atoms with Gasteiger partial charge in [-0.2, -0.15) is 0 Å². The monoisotopic (exact) mass is 1170 g/mol. The van der Waals surface area contributed by atoms with Crippen molar-refractivity contribution in [2.45, 2.75) is 274 Å². The van der Waals surface area contributed by atoms with Crippen LogP contribution in [0.3, 0.4) is 0 Å². The maximum absolute atomic E-state index is 14.2. The molecular formula is C57H105ClN3O19-. The number of aliphatic imine (C=N–C) groups is 1. The molecule has 2 aliphatic heterocycles. The first kappa shape index (κ1) is 75.4. The highest BCUT2D eigenvalue weighted by molar-refractivity contribution is 6.25. The molecule has 0 aromatic rings. The zero-order valence-electron chi connectivity index (χ0n) is 48.4. The molecule has 0 aromatic heterocycles. The van der Waals surface area contributed by atoms with Crippen LogP contribution in [0.4, 0.5) is 0 Å². The average Bonchev–Trinajstić information content (AvgIpc) is 3.67. The number of allylic oxidation sites excluding steroid dienone is 1. The Bertz CT molecular complexity index is 1770. The molecule has 17 N–H and O–H groups in total. The lowest BCUT2D eigenvalue weighted by Gasteiger charge is -2.34. The number of nitrogens with zero attached hydrogens (tertiary/aromatic N) is 1. The van der Waals surface area contributed by atoms with Crippen LogP contribution in [0.25, 0.3) is 0 Å². The van der Waals surface area contributed by atoms with Gasteiger partial charge in [-0.05, 0) is 134 Å². The molecular weight excluding hydrogens is 1070 g/mol. The van der Waals surface area contributed by atoms with E-state index < -0.39 is 134 Å². The summed E-state index contributed by atoms with van der Waals surface area (Å²) in [6.07, 6.45) is -7.42. The number of halogens is 1. The molecule has 2 aliphatic rings. The molecule has 0 amide bonds. The molecule has 20 atom stereocenters. The van der Waals surface area contributed by atoms with Crippen molar-refractivity contribution in [2.24, 2.45) is 40.1 Å². The molecule has 2 rings (SSSR count). The number of ether oxygens (including phenoxy) is 3. The number of hydrogen-bond acceptors (Lipinski definition) is 20. The van der Waals surface area contributed by atoms with Gasteiger partial charge in [-0.3, -0.25) is 9.79 Å². The Labute approximate surface area is 479 Å². The number of carbonyl (C=O) groups is 2. The number of aliphatic carboxylic acids is 1. The van der Waals surface area contributed by atoms with Gasteiger partial charge >= 0.3 is 5.97 Å². The molecule has 1 saturated heterocycles. The third-order valence-corrected chi connectivity index (χ3v) is 15.6. The molecule has 0 spiro atoms. The molecule has 0 aromatic carbocycles. The number of carboxylic acid groups (broad SMARTS) is 1. The van der Waals surface area contributed by atoms with Gasteiger partial charge in [0.05, 0.1) is 85.4 Å². The fourth-order valence-corrected chi connectivity index (χ4v) is 10.3. The van der Waals surface area contributed by atoms with Crippen LogP contribution < -0.4 is 16.6 Å². The number of alkyl halides is 1. The highest BCUT2D eigenvalue weighted by Crippen LogP contribution is 2.32. The smallest absolute Gasteiger partial charge is 0.311 e. The third-order valence-electron chi connectivity index (χ3n) is 15.3. The van der Waals surface area contributed by atoms with E-state index in [-0.39, 0.29) is 49.9 Å². The lowest BCUT2D eigenvalue weighted by Crippen LogP contribution is -2.42. The van der Waals surface area contributed by atoms with Crippen molar-refractivity contribution in [2.75, 3.05) is 19.0 Å². The van der Waals surface area contributed by atoms with Gasteiger partial charge in [0.25, 0.3) is 0 Å². The molecule has 470 valence electrons. The van der Waals surface area contributed by atoms with Gasteiger partial charge in [-0.15, -0.1) is 11.6 Å². The fourth-order valence-electron chi connectivity index (χ4n) is 10.3. The standard InChI is InChI=1S/C55H103N3O17.C2H3ClO2/c1-7-8-19-43-49(69)33(3)22-23-38(61)17-11-16-37(60)18-12-20-44(66)34(4)26-47(73-54-51(71)50(70)48(31-59)74-54)46(68)30-42(65)29-41(64)28-40(63)27-39(62)15-10-9-14-32(2)25-35(5)52(75-53(43)72)36(6)45(67)21-13-24-58-55(56)57;3-1-2(4)5/h25-26,33,35-52,54,59-71H,7-24,27-31H2,1-6H3,(H4,56,57,58);1H2,(H,4,5)/p-1/b32-25+,34-26+;/t33?,35?,36?,37?,38?,39?,40?,41?,42?,43?,44?,45?,46?,47?,48-,49?,50-,51+,52?,54+;/m1./s1. The molecule has 0 radical (unpaired) electrons. The molecule has 0 saturated carbocycles. The summed E-state index contributed by atoms with van der Waals surface area (Å²) in [6.45, 7) is 10.9. The Balaban J connectivity index is 0.00000610. The summed E-state index contributed by atoms with van der Waals surface area (Å²) in [6, 6.07) is 0. The van der Waals surface area contributed by atoms with E-state index in [1.54, 1.807) is 6.92 Å². The van der Waals surface area contributed by atoms with Crippen LogP contribution >= 0.6 is 11.6 Å². The molecule has 16 unspecified atom stereocenters. The van der Waals surface area contributed by atoms with E-state index in [2.05, 4.69) is 16.6 Å². The number of unbranched alkanes of at least 4 members (excludes halogenated alkanes) is 1. The average molecular weight is 1170 g/mol. The lowest BCUT2D eigenvalue weighted by molar-refractivity contribution is -0.301. The minimum absolute atomic E-state index is 0.0266. The number of carbonyl (C=O) groups excluding carboxylic acids is 2. The zero-order valence-corrected chi connectivity index (χ0v) is 49.2. The highest BCUT2D eigenvalue weighted by atomic mass is 35.5. The summed E-state index contributed by atoms with van der Waals surface area (Å²) in [4.78, 5) is 27.4. The predicted octanol–water partition coefficient (Wildman–Crippen LogP) is 1.22. The topological polar surface area (TPSA) is 412 Å². The first-order chi connectivity index (χ1) is 37.6. The van der Waals surface area contributed by atoms with Crippen LogP contribution in [-0.4, -0.2) is 201 Å². The van der Waals surface area contributed by atoms with Crippen molar-refractivity contribution in [1.29, 1.82) is 0 Å². The number of esters is 1. The SMILES string of the molecule is CCCCC1C(=O)OC(C(C)C(O)CCCN=C(N)N)C(C)/C=C(\C)CCCCC(O)CC(O)CC(O)CC(O)CC(O)C(O[C@H]2O[C@H](CO)[C@@H](O)[C@@H]2O)/C=C(\C)C(O)CCCC(O)CCCC(O)CCC(C)C1O.O=C([O-])CCl. The number of carboxylic acids is 1. The van der Waals surface area contributed by atoms with Crippen molar-refractivity contribution >= 4 is 29.5 Å². The van der Waals surface area contributed by atoms with Crippen molar-refractivity contribution in [3.8, 4) is 0 Å². The number of aliphatic hydroxyl groups is 13. The predicted molar refractivity (Wildman–Crippen MR) is 300 cm³/mol. The number of hydrogen-bond donors (Lipinski definition) is 15. The minimum atomic E-state index is -1.59. The summed E-state index contributed by atoms with van der Waals surface area (Å²) in [5.74, 6) is -4.29. The lowest BCUT2D eigenvalue weighted by atomic mass is 9.84. The minimum Gasteiger partial charge on any atom is -0.549 e. The fraction of sp³-hybridized carbons (Fsp3) is 0.877. The summed E-state index contributed by atoms with van der Waals surface area (Å²) < 4.78 is 17.7. The molecule has 23 heteroatoms. The van der Waals surface area contributed by atoms with E-state index >= 15 is 0 Å². The molecule has 1 fully saturated rings. The second kappa shape index (κ2) is 41.4. The van der Waals surface area contributed by atoms with Gasteiger partial charge in [0.2, 0.25) is 0 Å². The Morgan fingerprint density at radius 2 is 1.34 bits per heavy atom. The van der Waals surface area contributed by atoms with Crippen LogP contribution in [0, 0.1) is 23.7 Å². The second-order valence-electron chi connectivity index (χ2n) is 22.7. The quantitative estimate of drug-likeness (QED) is 0.0308. The maximum Gasteiger partial charge on any atom is 0.311 e. The second-order valence-corrected chi connectivity index (χ2v) is 23.0. The summed E-state index contributed by atoms with van der Waals surface area (Å²) in [5.41, 5.74) is 12.4. The zero-order chi connectivity index (χ0) is 60.6. The number of cyclic esters (lactones) is 1. The van der Waals surface area contributed by atoms with E-state index in [0.29, 0.717) is 108 Å². The summed E-state index contributed by atoms with van der Waals surface area (Å²) in [5, 5.41) is 150. The van der Waals surface area contributed by atoms with Gasteiger partial charge in [0.1, 0.15) is 30.5 Å². The van der Waals surface area contributed by atoms with Crippen molar-refractivity contribution in [1.82, 2.24) is 0 Å². The Kier molecular flexibility index (Phi) is 39.0. The normalized spacial score (nSPS) is 36.8. The summed E-state index contributed by atoms with van der Waals surface area (Å²) in [7, 11) is 0. The molecule has 2 heterocycles. The molecule has 80 heavy (non-hydrogen) atoms. The van der Waals surface area contributed by atoms with Gasteiger partial charge < -0.3 is 102 Å². The van der Waals surface area contributed by atoms with Crippen LogP contribution in [0.15, 0.2) is 28.3 Å².